The lowest BCUT2D eigenvalue weighted by atomic mass is 10.0. The molecule has 1 aliphatic heterocycles. The predicted octanol–water partition coefficient (Wildman–Crippen LogP) is 2.89. The molecule has 26 heavy (non-hydrogen) atoms. The first kappa shape index (κ1) is 17.5. The molecule has 0 amide bonds. The van der Waals surface area contributed by atoms with Gasteiger partial charge in [-0.3, -0.25) is 4.90 Å². The predicted molar refractivity (Wildman–Crippen MR) is 101 cm³/mol. The van der Waals surface area contributed by atoms with Gasteiger partial charge < -0.3 is 14.3 Å². The van der Waals surface area contributed by atoms with Crippen LogP contribution in [0.3, 0.4) is 0 Å². The number of halogens is 1. The van der Waals surface area contributed by atoms with E-state index in [1.807, 2.05) is 6.26 Å². The van der Waals surface area contributed by atoms with Crippen LogP contribution in [0.25, 0.3) is 11.0 Å². The maximum atomic E-state index is 5.78. The minimum Gasteiger partial charge on any atom is -0.464 e. The third-order valence-corrected chi connectivity index (χ3v) is 5.50. The normalized spacial score (nSPS) is 20.3. The van der Waals surface area contributed by atoms with Gasteiger partial charge in [-0.25, -0.2) is 0 Å². The second-order valence-corrected chi connectivity index (χ2v) is 7.16. The Hall–Kier alpha value is -1.89. The van der Waals surface area contributed by atoms with Crippen LogP contribution in [0.4, 0.5) is 0 Å². The molecule has 3 heterocycles. The van der Waals surface area contributed by atoms with Crippen LogP contribution in [0.15, 0.2) is 27.3 Å². The first-order chi connectivity index (χ1) is 12.3. The lowest BCUT2D eigenvalue weighted by Crippen LogP contribution is -2.44. The van der Waals surface area contributed by atoms with Crippen molar-refractivity contribution >= 4 is 23.4 Å². The highest BCUT2D eigenvalue weighted by molar-refractivity contribution is 5.85. The number of aromatic nitrogens is 2. The van der Waals surface area contributed by atoms with Crippen LogP contribution in [-0.4, -0.2) is 41.7 Å². The summed E-state index contributed by atoms with van der Waals surface area (Å²) in [5.74, 6) is 1.41. The van der Waals surface area contributed by atoms with Crippen molar-refractivity contribution < 1.29 is 8.94 Å². The zero-order chi connectivity index (χ0) is 16.8. The zero-order valence-electron chi connectivity index (χ0n) is 14.8. The highest BCUT2D eigenvalue weighted by atomic mass is 35.5. The summed E-state index contributed by atoms with van der Waals surface area (Å²) in [6.07, 6.45) is 6.02. The molecule has 1 N–H and O–H groups in total. The molecule has 1 aromatic carbocycles. The number of nitrogens with zero attached hydrogens (tertiary/aromatic N) is 3. The molecule has 0 bridgehead atoms. The molecular weight excluding hydrogens is 352 g/mol. The summed E-state index contributed by atoms with van der Waals surface area (Å²) in [6.45, 7) is 2.85. The fraction of sp³-hybridized carbons (Fsp3) is 0.474. The van der Waals surface area contributed by atoms with Crippen molar-refractivity contribution in [2.24, 2.45) is 0 Å². The van der Waals surface area contributed by atoms with E-state index in [9.17, 15) is 0 Å². The third kappa shape index (κ3) is 3.02. The number of aryl methyl sites for hydroxylation is 2. The lowest BCUT2D eigenvalue weighted by Gasteiger charge is -2.30. The molecule has 1 saturated heterocycles. The van der Waals surface area contributed by atoms with Crippen LogP contribution in [0.1, 0.15) is 40.9 Å². The number of likely N-dealkylation sites (N-methyl/N-ethyl adjacent to an activating group) is 1. The number of nitrogens with one attached hydrogen (secondary N) is 1. The van der Waals surface area contributed by atoms with Crippen molar-refractivity contribution in [2.75, 3.05) is 26.7 Å². The van der Waals surface area contributed by atoms with E-state index in [1.165, 1.54) is 29.4 Å². The SMILES string of the molecule is CN1CCNCC1c1noc(Cc2coc3cc4c(cc23)CCC4)n1.Cl. The Morgan fingerprint density at radius 3 is 2.96 bits per heavy atom. The second-order valence-electron chi connectivity index (χ2n) is 7.16. The van der Waals surface area contributed by atoms with Gasteiger partial charge >= 0.3 is 0 Å². The molecule has 0 radical (unpaired) electrons. The average Bonchev–Trinajstić information content (AvgIpc) is 3.34. The van der Waals surface area contributed by atoms with Crippen LogP contribution in [0.5, 0.6) is 0 Å². The van der Waals surface area contributed by atoms with Crippen LogP contribution < -0.4 is 5.32 Å². The highest BCUT2D eigenvalue weighted by Crippen LogP contribution is 2.31. The fourth-order valence-corrected chi connectivity index (χ4v) is 4.02. The van der Waals surface area contributed by atoms with Gasteiger partial charge in [0, 0.05) is 30.6 Å². The van der Waals surface area contributed by atoms with Gasteiger partial charge in [0.1, 0.15) is 5.58 Å². The molecule has 0 spiro atoms. The molecule has 1 atom stereocenters. The first-order valence-corrected chi connectivity index (χ1v) is 9.03. The summed E-state index contributed by atoms with van der Waals surface area (Å²) in [7, 11) is 2.10. The van der Waals surface area contributed by atoms with Crippen LogP contribution in [-0.2, 0) is 19.3 Å². The number of hydrogen-bond donors (Lipinski definition) is 1. The van der Waals surface area contributed by atoms with Crippen molar-refractivity contribution in [3.05, 3.63) is 46.8 Å². The summed E-state index contributed by atoms with van der Waals surface area (Å²) in [4.78, 5) is 6.90. The molecule has 2 aromatic heterocycles. The van der Waals surface area contributed by atoms with Crippen molar-refractivity contribution in [2.45, 2.75) is 31.7 Å². The largest absolute Gasteiger partial charge is 0.464 e. The van der Waals surface area contributed by atoms with E-state index in [0.29, 0.717) is 12.3 Å². The average molecular weight is 375 g/mol. The Kier molecular flexibility index (Phi) is 4.73. The zero-order valence-corrected chi connectivity index (χ0v) is 15.6. The van der Waals surface area contributed by atoms with Crippen LogP contribution >= 0.6 is 12.4 Å². The molecule has 7 heteroatoms. The molecule has 1 fully saturated rings. The van der Waals surface area contributed by atoms with Gasteiger partial charge in [0.15, 0.2) is 5.82 Å². The van der Waals surface area contributed by atoms with Gasteiger partial charge in [-0.05, 0) is 49.6 Å². The van der Waals surface area contributed by atoms with Crippen molar-refractivity contribution in [3.63, 3.8) is 0 Å². The fourth-order valence-electron chi connectivity index (χ4n) is 4.02. The molecule has 5 rings (SSSR count). The Morgan fingerprint density at radius 2 is 2.12 bits per heavy atom. The smallest absolute Gasteiger partial charge is 0.231 e. The van der Waals surface area contributed by atoms with Gasteiger partial charge in [-0.2, -0.15) is 4.98 Å². The standard InChI is InChI=1S/C19H22N4O2.ClH/c1-23-6-5-20-10-16(23)19-21-18(25-22-19)9-14-11-24-17-8-13-4-2-3-12(13)7-15(14)17;/h7-8,11,16,20H,2-6,9-10H2,1H3;1H. The van der Waals surface area contributed by atoms with Gasteiger partial charge in [0.05, 0.1) is 18.7 Å². The molecule has 1 aliphatic carbocycles. The number of benzene rings is 1. The lowest BCUT2D eigenvalue weighted by molar-refractivity contribution is 0.190. The molecule has 6 nitrogen and oxygen atoms in total. The molecular formula is C19H23ClN4O2. The van der Waals surface area contributed by atoms with E-state index in [1.54, 1.807) is 0 Å². The summed E-state index contributed by atoms with van der Waals surface area (Å²) in [5, 5.41) is 8.78. The summed E-state index contributed by atoms with van der Waals surface area (Å²) in [5.41, 5.74) is 4.97. The van der Waals surface area contributed by atoms with Crippen molar-refractivity contribution in [3.8, 4) is 0 Å². The Morgan fingerprint density at radius 1 is 1.27 bits per heavy atom. The second kappa shape index (κ2) is 7.02. The van der Waals surface area contributed by atoms with E-state index >= 15 is 0 Å². The van der Waals surface area contributed by atoms with E-state index in [2.05, 4.69) is 39.5 Å². The van der Waals surface area contributed by atoms with Gasteiger partial charge in [0.2, 0.25) is 5.89 Å². The Labute approximate surface area is 158 Å². The quantitative estimate of drug-likeness (QED) is 0.760. The monoisotopic (exact) mass is 374 g/mol. The number of furan rings is 1. The number of rotatable bonds is 3. The summed E-state index contributed by atoms with van der Waals surface area (Å²) < 4.78 is 11.3. The minimum atomic E-state index is 0. The number of fused-ring (bicyclic) bond motifs is 2. The Bertz CT molecular complexity index is 920. The molecule has 138 valence electrons. The minimum absolute atomic E-state index is 0. The summed E-state index contributed by atoms with van der Waals surface area (Å²) >= 11 is 0. The maximum Gasteiger partial charge on any atom is 0.231 e. The van der Waals surface area contributed by atoms with Gasteiger partial charge in [-0.15, -0.1) is 12.4 Å². The maximum absolute atomic E-state index is 5.78. The van der Waals surface area contributed by atoms with Crippen LogP contribution in [0, 0.1) is 0 Å². The van der Waals surface area contributed by atoms with Crippen molar-refractivity contribution in [1.29, 1.82) is 0 Å². The van der Waals surface area contributed by atoms with Crippen LogP contribution in [0.2, 0.25) is 0 Å². The molecule has 1 unspecified atom stereocenters. The topological polar surface area (TPSA) is 67.3 Å². The number of piperazine rings is 1. The highest BCUT2D eigenvalue weighted by Gasteiger charge is 2.25. The third-order valence-electron chi connectivity index (χ3n) is 5.50. The van der Waals surface area contributed by atoms with E-state index < -0.39 is 0 Å². The van der Waals surface area contributed by atoms with E-state index in [-0.39, 0.29) is 18.4 Å². The molecule has 0 saturated carbocycles. The van der Waals surface area contributed by atoms with E-state index in [4.69, 9.17) is 8.94 Å². The molecule has 2 aliphatic rings. The Balaban J connectivity index is 0.00000168. The number of hydrogen-bond acceptors (Lipinski definition) is 6. The molecule has 3 aromatic rings. The first-order valence-electron chi connectivity index (χ1n) is 9.03. The summed E-state index contributed by atoms with van der Waals surface area (Å²) in [6, 6.07) is 4.66. The van der Waals surface area contributed by atoms with Gasteiger partial charge in [-0.1, -0.05) is 5.16 Å². The van der Waals surface area contributed by atoms with Gasteiger partial charge in [0.25, 0.3) is 0 Å². The van der Waals surface area contributed by atoms with Crippen molar-refractivity contribution in [1.82, 2.24) is 20.4 Å². The van der Waals surface area contributed by atoms with E-state index in [0.717, 1.165) is 43.0 Å².